The Bertz CT molecular complexity index is 949. The fraction of sp³-hybridized carbons (Fsp3) is 0.333. The standard InChI is InChI=1S/C21H23N5O2/c1-3-28-19-12-11-18(24-25-19)26-14(2)17(13-22-26)21(27)23-20(16-9-10-16)15-7-5-4-6-8-15/h4-8,11-13,16,20H,3,9-10H2,1-2H3,(H,23,27)/t20-/m1/s1. The van der Waals surface area contributed by atoms with E-state index in [-0.39, 0.29) is 11.9 Å². The number of benzene rings is 1. The molecule has 1 aromatic carbocycles. The summed E-state index contributed by atoms with van der Waals surface area (Å²) in [5, 5.41) is 15.7. The summed E-state index contributed by atoms with van der Waals surface area (Å²) in [6, 6.07) is 13.7. The average Bonchev–Trinajstić information content (AvgIpc) is 3.49. The van der Waals surface area contributed by atoms with Gasteiger partial charge in [-0.15, -0.1) is 10.2 Å². The van der Waals surface area contributed by atoms with Gasteiger partial charge in [0.2, 0.25) is 5.88 Å². The summed E-state index contributed by atoms with van der Waals surface area (Å²) in [7, 11) is 0. The number of nitrogens with zero attached hydrogens (tertiary/aromatic N) is 4. The summed E-state index contributed by atoms with van der Waals surface area (Å²) in [6.45, 7) is 4.28. The summed E-state index contributed by atoms with van der Waals surface area (Å²) in [5.41, 5.74) is 2.40. The first-order valence-electron chi connectivity index (χ1n) is 9.54. The van der Waals surface area contributed by atoms with Crippen LogP contribution in [0.2, 0.25) is 0 Å². The van der Waals surface area contributed by atoms with Crippen LogP contribution in [0.25, 0.3) is 5.82 Å². The van der Waals surface area contributed by atoms with Crippen molar-refractivity contribution in [2.45, 2.75) is 32.7 Å². The molecule has 1 N–H and O–H groups in total. The Morgan fingerprint density at radius 3 is 2.64 bits per heavy atom. The van der Waals surface area contributed by atoms with E-state index in [9.17, 15) is 4.79 Å². The minimum atomic E-state index is -0.122. The number of aromatic nitrogens is 4. The van der Waals surface area contributed by atoms with E-state index < -0.39 is 0 Å². The van der Waals surface area contributed by atoms with E-state index in [4.69, 9.17) is 4.74 Å². The van der Waals surface area contributed by atoms with Crippen LogP contribution in [0.1, 0.15) is 47.4 Å². The largest absolute Gasteiger partial charge is 0.477 e. The molecule has 2 aromatic heterocycles. The molecule has 1 aliphatic rings. The second-order valence-electron chi connectivity index (χ2n) is 6.92. The number of hydrogen-bond donors (Lipinski definition) is 1. The lowest BCUT2D eigenvalue weighted by atomic mass is 10.0. The molecule has 144 valence electrons. The lowest BCUT2D eigenvalue weighted by Gasteiger charge is -2.18. The summed E-state index contributed by atoms with van der Waals surface area (Å²) in [4.78, 5) is 12.9. The minimum absolute atomic E-state index is 0.0294. The third-order valence-corrected chi connectivity index (χ3v) is 4.93. The predicted octanol–water partition coefficient (Wildman–Crippen LogP) is 3.25. The molecule has 1 fully saturated rings. The van der Waals surface area contributed by atoms with Crippen molar-refractivity contribution in [1.82, 2.24) is 25.3 Å². The third kappa shape index (κ3) is 3.74. The van der Waals surface area contributed by atoms with Crippen molar-refractivity contribution in [2.24, 2.45) is 5.92 Å². The van der Waals surface area contributed by atoms with Gasteiger partial charge in [-0.25, -0.2) is 4.68 Å². The third-order valence-electron chi connectivity index (χ3n) is 4.93. The predicted molar refractivity (Wildman–Crippen MR) is 104 cm³/mol. The summed E-state index contributed by atoms with van der Waals surface area (Å²) in [5.74, 6) is 1.38. The van der Waals surface area contributed by atoms with Gasteiger partial charge >= 0.3 is 0 Å². The van der Waals surface area contributed by atoms with Crippen LogP contribution in [-0.2, 0) is 0 Å². The van der Waals surface area contributed by atoms with Crippen molar-refractivity contribution in [1.29, 1.82) is 0 Å². The van der Waals surface area contributed by atoms with Crippen molar-refractivity contribution in [3.8, 4) is 11.7 Å². The van der Waals surface area contributed by atoms with Gasteiger partial charge < -0.3 is 10.1 Å². The van der Waals surface area contributed by atoms with Crippen molar-refractivity contribution in [2.75, 3.05) is 6.61 Å². The van der Waals surface area contributed by atoms with Crippen molar-refractivity contribution in [3.63, 3.8) is 0 Å². The van der Waals surface area contributed by atoms with Crippen molar-refractivity contribution < 1.29 is 9.53 Å². The van der Waals surface area contributed by atoms with Crippen LogP contribution >= 0.6 is 0 Å². The molecule has 0 bridgehead atoms. The molecular weight excluding hydrogens is 354 g/mol. The summed E-state index contributed by atoms with van der Waals surface area (Å²) >= 11 is 0. The molecule has 0 unspecified atom stereocenters. The molecule has 1 amide bonds. The van der Waals surface area contributed by atoms with Crippen LogP contribution in [0, 0.1) is 12.8 Å². The van der Waals surface area contributed by atoms with E-state index in [1.165, 1.54) is 0 Å². The van der Waals surface area contributed by atoms with Gasteiger partial charge in [0.25, 0.3) is 5.91 Å². The van der Waals surface area contributed by atoms with E-state index in [1.54, 1.807) is 23.0 Å². The summed E-state index contributed by atoms with van der Waals surface area (Å²) < 4.78 is 6.93. The monoisotopic (exact) mass is 377 g/mol. The number of hydrogen-bond acceptors (Lipinski definition) is 5. The van der Waals surface area contributed by atoms with Gasteiger partial charge in [0.1, 0.15) is 0 Å². The van der Waals surface area contributed by atoms with Crippen LogP contribution in [0.15, 0.2) is 48.7 Å². The molecule has 1 saturated carbocycles. The number of rotatable bonds is 7. The summed E-state index contributed by atoms with van der Waals surface area (Å²) in [6.07, 6.45) is 3.86. The van der Waals surface area contributed by atoms with Gasteiger partial charge in [0.15, 0.2) is 5.82 Å². The molecule has 1 aliphatic carbocycles. The zero-order chi connectivity index (χ0) is 19.5. The Balaban J connectivity index is 1.54. The fourth-order valence-corrected chi connectivity index (χ4v) is 3.30. The molecule has 0 spiro atoms. The van der Waals surface area contributed by atoms with Gasteiger partial charge in [0.05, 0.1) is 30.1 Å². The maximum atomic E-state index is 12.9. The topological polar surface area (TPSA) is 81.9 Å². The molecule has 2 heterocycles. The van der Waals surface area contributed by atoms with Gasteiger partial charge in [0, 0.05) is 6.07 Å². The molecule has 0 radical (unpaired) electrons. The zero-order valence-electron chi connectivity index (χ0n) is 16.0. The van der Waals surface area contributed by atoms with Gasteiger partial charge in [-0.05, 0) is 44.2 Å². The van der Waals surface area contributed by atoms with E-state index in [0.717, 1.165) is 24.1 Å². The van der Waals surface area contributed by atoms with E-state index in [2.05, 4.69) is 32.7 Å². The first-order chi connectivity index (χ1) is 13.7. The van der Waals surface area contributed by atoms with Gasteiger partial charge in [-0.1, -0.05) is 30.3 Å². The Morgan fingerprint density at radius 1 is 1.21 bits per heavy atom. The Hall–Kier alpha value is -3.22. The highest BCUT2D eigenvalue weighted by Crippen LogP contribution is 2.41. The van der Waals surface area contributed by atoms with Crippen LogP contribution in [0.5, 0.6) is 5.88 Å². The fourth-order valence-electron chi connectivity index (χ4n) is 3.30. The Morgan fingerprint density at radius 2 is 2.00 bits per heavy atom. The molecule has 4 rings (SSSR count). The number of nitrogens with one attached hydrogen (secondary N) is 1. The Labute approximate surface area is 163 Å². The van der Waals surface area contributed by atoms with Crippen LogP contribution in [-0.4, -0.2) is 32.5 Å². The van der Waals surface area contributed by atoms with Crippen LogP contribution < -0.4 is 10.1 Å². The molecule has 1 atom stereocenters. The quantitative estimate of drug-likeness (QED) is 0.683. The maximum absolute atomic E-state index is 12.9. The molecular formula is C21H23N5O2. The Kier molecular flexibility index (Phi) is 5.06. The molecule has 28 heavy (non-hydrogen) atoms. The number of carbonyl (C=O) groups is 1. The molecule has 7 nitrogen and oxygen atoms in total. The molecule has 7 heteroatoms. The number of amides is 1. The average molecular weight is 377 g/mol. The molecule has 0 saturated heterocycles. The lowest BCUT2D eigenvalue weighted by molar-refractivity contribution is 0.0931. The first-order valence-corrected chi connectivity index (χ1v) is 9.54. The number of ether oxygens (including phenoxy) is 1. The molecule has 3 aromatic rings. The highest BCUT2D eigenvalue weighted by Gasteiger charge is 2.34. The van der Waals surface area contributed by atoms with E-state index >= 15 is 0 Å². The van der Waals surface area contributed by atoms with Crippen molar-refractivity contribution >= 4 is 5.91 Å². The van der Waals surface area contributed by atoms with Gasteiger partial charge in [-0.2, -0.15) is 5.10 Å². The second-order valence-corrected chi connectivity index (χ2v) is 6.92. The minimum Gasteiger partial charge on any atom is -0.477 e. The zero-order valence-corrected chi connectivity index (χ0v) is 16.0. The second kappa shape index (κ2) is 7.80. The number of carbonyl (C=O) groups excluding carboxylic acids is 1. The van der Waals surface area contributed by atoms with E-state index in [1.807, 2.05) is 32.0 Å². The maximum Gasteiger partial charge on any atom is 0.255 e. The van der Waals surface area contributed by atoms with Gasteiger partial charge in [-0.3, -0.25) is 4.79 Å². The lowest BCUT2D eigenvalue weighted by Crippen LogP contribution is -2.30. The van der Waals surface area contributed by atoms with Crippen molar-refractivity contribution in [3.05, 3.63) is 65.5 Å². The van der Waals surface area contributed by atoms with Crippen LogP contribution in [0.3, 0.4) is 0 Å². The highest BCUT2D eigenvalue weighted by molar-refractivity contribution is 5.95. The first kappa shape index (κ1) is 18.2. The highest BCUT2D eigenvalue weighted by atomic mass is 16.5. The normalized spacial score (nSPS) is 14.5. The van der Waals surface area contributed by atoms with E-state index in [0.29, 0.717) is 29.8 Å². The van der Waals surface area contributed by atoms with Crippen LogP contribution in [0.4, 0.5) is 0 Å². The SMILES string of the molecule is CCOc1ccc(-n2ncc(C(=O)N[C@H](c3ccccc3)C3CC3)c2C)nn1. The molecule has 0 aliphatic heterocycles. The smallest absolute Gasteiger partial charge is 0.255 e.